The molecule has 0 aliphatic carbocycles. The Bertz CT molecular complexity index is 862. The zero-order valence-electron chi connectivity index (χ0n) is 14.9. The van der Waals surface area contributed by atoms with Crippen LogP contribution in [0.15, 0.2) is 42.5 Å². The molecule has 1 amide bonds. The summed E-state index contributed by atoms with van der Waals surface area (Å²) in [6.45, 7) is 0.730. The van der Waals surface area contributed by atoms with Gasteiger partial charge in [-0.25, -0.2) is 0 Å². The van der Waals surface area contributed by atoms with Gasteiger partial charge in [0.05, 0.1) is 10.7 Å². The largest absolute Gasteiger partial charge is 0.493 e. The van der Waals surface area contributed by atoms with Crippen LogP contribution >= 0.6 is 23.5 Å². The second kappa shape index (κ2) is 8.11. The average molecular weight is 384 g/mol. The van der Waals surface area contributed by atoms with E-state index in [1.165, 1.54) is 5.56 Å². The van der Waals surface area contributed by atoms with E-state index in [2.05, 4.69) is 42.6 Å². The summed E-state index contributed by atoms with van der Waals surface area (Å²) in [5.41, 5.74) is 8.99. The van der Waals surface area contributed by atoms with Crippen molar-refractivity contribution in [1.82, 2.24) is 0 Å². The fraction of sp³-hybridized carbons (Fsp3) is 0.286. The predicted octanol–water partition coefficient (Wildman–Crippen LogP) is 4.04. The number of fused-ring (bicyclic) bond motifs is 1. The van der Waals surface area contributed by atoms with Gasteiger partial charge in [0.2, 0.25) is 5.91 Å². The Morgan fingerprint density at radius 2 is 1.92 bits per heavy atom. The second-order valence-corrected chi connectivity index (χ2v) is 8.44. The molecule has 2 aromatic carbocycles. The third-order valence-corrected chi connectivity index (χ3v) is 7.69. The Kier molecular flexibility index (Phi) is 5.85. The van der Waals surface area contributed by atoms with Gasteiger partial charge in [-0.3, -0.25) is 4.79 Å². The van der Waals surface area contributed by atoms with Crippen LogP contribution in [0.2, 0.25) is 0 Å². The Labute approximate surface area is 163 Å². The number of hydrogen-bond donors (Lipinski definition) is 1. The van der Waals surface area contributed by atoms with Gasteiger partial charge in [-0.2, -0.15) is 0 Å². The third kappa shape index (κ3) is 3.72. The van der Waals surface area contributed by atoms with Gasteiger partial charge in [0, 0.05) is 35.1 Å². The Morgan fingerprint density at radius 3 is 2.58 bits per heavy atom. The van der Waals surface area contributed by atoms with Crippen LogP contribution in [0.4, 0.5) is 0 Å². The van der Waals surface area contributed by atoms with Crippen LogP contribution < -0.4 is 10.5 Å². The fourth-order valence-corrected chi connectivity index (χ4v) is 5.09. The molecule has 0 unspecified atom stereocenters. The highest BCUT2D eigenvalue weighted by atomic mass is 32.2. The molecule has 5 heteroatoms. The zero-order chi connectivity index (χ0) is 18.6. The lowest BCUT2D eigenvalue weighted by Crippen LogP contribution is -2.27. The van der Waals surface area contributed by atoms with Crippen LogP contribution in [0, 0.1) is 11.8 Å². The van der Waals surface area contributed by atoms with Crippen molar-refractivity contribution in [2.75, 3.05) is 19.1 Å². The summed E-state index contributed by atoms with van der Waals surface area (Å²) >= 11 is 3.76. The molecule has 1 aliphatic heterocycles. The molecule has 1 heterocycles. The van der Waals surface area contributed by atoms with Crippen molar-refractivity contribution in [3.8, 4) is 17.6 Å². The molecule has 0 fully saturated rings. The first kappa shape index (κ1) is 18.8. The number of thioether (sulfide) groups is 2. The molecule has 0 bridgehead atoms. The van der Waals surface area contributed by atoms with Gasteiger partial charge in [0.25, 0.3) is 0 Å². The van der Waals surface area contributed by atoms with Gasteiger partial charge in [0.1, 0.15) is 5.75 Å². The SMILES string of the molecule is CSC1(SC)CCOc2c(CC#Cc3ccc(C(N)=O)cc3)cccc21. The van der Waals surface area contributed by atoms with Crippen LogP contribution in [-0.4, -0.2) is 25.0 Å². The van der Waals surface area contributed by atoms with E-state index in [1.807, 2.05) is 35.7 Å². The lowest BCUT2D eigenvalue weighted by atomic mass is 9.99. The van der Waals surface area contributed by atoms with E-state index in [9.17, 15) is 4.79 Å². The van der Waals surface area contributed by atoms with Gasteiger partial charge in [-0.1, -0.05) is 30.0 Å². The Morgan fingerprint density at radius 1 is 1.19 bits per heavy atom. The Balaban J connectivity index is 1.83. The lowest BCUT2D eigenvalue weighted by molar-refractivity contribution is 0.100. The quantitative estimate of drug-likeness (QED) is 0.639. The van der Waals surface area contributed by atoms with E-state index in [1.54, 1.807) is 12.1 Å². The summed E-state index contributed by atoms with van der Waals surface area (Å²) in [6, 6.07) is 13.4. The highest BCUT2D eigenvalue weighted by Gasteiger charge is 2.37. The number of carbonyl (C=O) groups excluding carboxylic acids is 1. The molecule has 0 aromatic heterocycles. The molecule has 3 nitrogen and oxygen atoms in total. The number of rotatable bonds is 4. The summed E-state index contributed by atoms with van der Waals surface area (Å²) < 4.78 is 6.07. The van der Waals surface area contributed by atoms with Crippen molar-refractivity contribution < 1.29 is 9.53 Å². The van der Waals surface area contributed by atoms with E-state index in [0.717, 1.165) is 29.9 Å². The molecule has 134 valence electrons. The van der Waals surface area contributed by atoms with Gasteiger partial charge >= 0.3 is 0 Å². The molecule has 2 N–H and O–H groups in total. The van der Waals surface area contributed by atoms with Gasteiger partial charge < -0.3 is 10.5 Å². The molecule has 1 aliphatic rings. The molecule has 26 heavy (non-hydrogen) atoms. The second-order valence-electron chi connectivity index (χ2n) is 5.97. The highest BCUT2D eigenvalue weighted by molar-refractivity contribution is 8.16. The molecular formula is C21H21NO2S2. The molecule has 2 aromatic rings. The summed E-state index contributed by atoms with van der Waals surface area (Å²) in [6.07, 6.45) is 5.95. The first-order chi connectivity index (χ1) is 12.6. The summed E-state index contributed by atoms with van der Waals surface area (Å²) in [4.78, 5) is 11.1. The number of nitrogens with two attached hydrogens (primary N) is 1. The number of amides is 1. The van der Waals surface area contributed by atoms with Crippen LogP contribution in [0.5, 0.6) is 5.75 Å². The molecule has 0 saturated heterocycles. The summed E-state index contributed by atoms with van der Waals surface area (Å²) in [5, 5.41) is 0. The summed E-state index contributed by atoms with van der Waals surface area (Å²) in [7, 11) is 0. The molecule has 0 spiro atoms. The number of primary amides is 1. The van der Waals surface area contributed by atoms with E-state index in [0.29, 0.717) is 12.0 Å². The first-order valence-electron chi connectivity index (χ1n) is 8.34. The highest BCUT2D eigenvalue weighted by Crippen LogP contribution is 2.53. The number of para-hydroxylation sites is 1. The zero-order valence-corrected chi connectivity index (χ0v) is 16.5. The molecular weight excluding hydrogens is 362 g/mol. The predicted molar refractivity (Wildman–Crippen MR) is 111 cm³/mol. The van der Waals surface area contributed by atoms with E-state index >= 15 is 0 Å². The van der Waals surface area contributed by atoms with Crippen LogP contribution in [0.3, 0.4) is 0 Å². The van der Waals surface area contributed by atoms with E-state index < -0.39 is 5.91 Å². The lowest BCUT2D eigenvalue weighted by Gasteiger charge is -2.36. The Hall–Kier alpha value is -2.03. The number of carbonyl (C=O) groups is 1. The monoisotopic (exact) mass is 383 g/mol. The molecule has 3 rings (SSSR count). The fourth-order valence-electron chi connectivity index (χ4n) is 3.08. The van der Waals surface area contributed by atoms with E-state index in [4.69, 9.17) is 10.5 Å². The van der Waals surface area contributed by atoms with Crippen LogP contribution in [0.1, 0.15) is 33.5 Å². The maximum Gasteiger partial charge on any atom is 0.248 e. The minimum atomic E-state index is -0.427. The maximum absolute atomic E-state index is 11.1. The van der Waals surface area contributed by atoms with Crippen molar-refractivity contribution in [2.24, 2.45) is 5.73 Å². The van der Waals surface area contributed by atoms with Gasteiger partial charge in [0.15, 0.2) is 0 Å². The maximum atomic E-state index is 11.1. The number of benzene rings is 2. The van der Waals surface area contributed by atoms with Crippen molar-refractivity contribution >= 4 is 29.4 Å². The van der Waals surface area contributed by atoms with E-state index in [-0.39, 0.29) is 4.08 Å². The van der Waals surface area contributed by atoms with Crippen LogP contribution in [-0.2, 0) is 10.5 Å². The van der Waals surface area contributed by atoms with Crippen molar-refractivity contribution in [3.63, 3.8) is 0 Å². The third-order valence-electron chi connectivity index (χ3n) is 4.52. The van der Waals surface area contributed by atoms with Crippen LogP contribution in [0.25, 0.3) is 0 Å². The standard InChI is InChI=1S/C21H21NO2S2/c1-25-21(26-2)13-14-24-19-16(7-4-8-18(19)21)6-3-5-15-9-11-17(12-10-15)20(22)23/h4,7-12H,6,13-14H2,1-2H3,(H2,22,23). The molecule has 0 radical (unpaired) electrons. The van der Waals surface area contributed by atoms with Crippen molar-refractivity contribution in [3.05, 3.63) is 64.7 Å². The molecule has 0 saturated carbocycles. The minimum absolute atomic E-state index is 0.0572. The van der Waals surface area contributed by atoms with Crippen molar-refractivity contribution in [1.29, 1.82) is 0 Å². The van der Waals surface area contributed by atoms with Crippen molar-refractivity contribution in [2.45, 2.75) is 16.9 Å². The number of ether oxygens (including phenoxy) is 1. The smallest absolute Gasteiger partial charge is 0.248 e. The first-order valence-corrected chi connectivity index (χ1v) is 10.8. The number of hydrogen-bond acceptors (Lipinski definition) is 4. The molecule has 0 atom stereocenters. The minimum Gasteiger partial charge on any atom is -0.493 e. The normalized spacial score (nSPS) is 14.5. The topological polar surface area (TPSA) is 52.3 Å². The average Bonchev–Trinajstić information content (AvgIpc) is 2.68. The van der Waals surface area contributed by atoms with Gasteiger partial charge in [-0.15, -0.1) is 23.5 Å². The van der Waals surface area contributed by atoms with Gasteiger partial charge in [-0.05, 0) is 36.8 Å². The summed E-state index contributed by atoms with van der Waals surface area (Å²) in [5.74, 6) is 6.93.